The van der Waals surface area contributed by atoms with Gasteiger partial charge in [-0.2, -0.15) is 13.2 Å². The molecule has 1 aliphatic heterocycles. The van der Waals surface area contributed by atoms with Crippen LogP contribution < -0.4 is 5.32 Å². The number of carbonyl (C=O) groups is 2. The summed E-state index contributed by atoms with van der Waals surface area (Å²) in [5.41, 5.74) is 0.597. The van der Waals surface area contributed by atoms with Crippen molar-refractivity contribution >= 4 is 17.7 Å². The van der Waals surface area contributed by atoms with Crippen molar-refractivity contribution in [2.75, 3.05) is 25.5 Å². The second-order valence-corrected chi connectivity index (χ2v) is 5.84. The number of alkyl halides is 3. The van der Waals surface area contributed by atoms with Crippen molar-refractivity contribution < 1.29 is 27.3 Å². The summed E-state index contributed by atoms with van der Waals surface area (Å²) in [5, 5.41) is 6.15. The maximum Gasteiger partial charge on any atom is 0.406 e. The number of nitrogens with one attached hydrogen (secondary N) is 1. The summed E-state index contributed by atoms with van der Waals surface area (Å²) in [4.78, 5) is 26.6. The van der Waals surface area contributed by atoms with Crippen molar-refractivity contribution in [2.24, 2.45) is 0 Å². The first-order chi connectivity index (χ1) is 11.1. The molecular weight excluding hydrogens is 329 g/mol. The highest BCUT2D eigenvalue weighted by molar-refractivity contribution is 5.94. The number of rotatable bonds is 5. The number of carbonyl (C=O) groups excluding carboxylic acids is 2. The first kappa shape index (κ1) is 18.2. The van der Waals surface area contributed by atoms with Crippen LogP contribution in [0.2, 0.25) is 0 Å². The maximum absolute atomic E-state index is 12.5. The molecule has 10 heteroatoms. The normalized spacial score (nSPS) is 19.9. The average molecular weight is 348 g/mol. The van der Waals surface area contributed by atoms with Crippen LogP contribution in [0.5, 0.6) is 0 Å². The van der Waals surface area contributed by atoms with E-state index >= 15 is 0 Å². The topological polar surface area (TPSA) is 78.7 Å². The Morgan fingerprint density at radius 3 is 2.79 bits per heavy atom. The van der Waals surface area contributed by atoms with Crippen LogP contribution in [0.4, 0.5) is 19.1 Å². The molecule has 2 atom stereocenters. The van der Waals surface area contributed by atoms with Gasteiger partial charge in [-0.3, -0.25) is 19.8 Å². The molecule has 2 unspecified atom stereocenters. The minimum atomic E-state index is -4.43. The molecule has 1 N–H and O–H groups in total. The van der Waals surface area contributed by atoms with Crippen molar-refractivity contribution in [1.29, 1.82) is 0 Å². The Morgan fingerprint density at radius 1 is 1.58 bits per heavy atom. The SMILES string of the molecule is Cc1cc(NC(=O)C(C)N(C)C2CCN(CC(F)(F)F)C2=O)on1. The van der Waals surface area contributed by atoms with Gasteiger partial charge in [0.25, 0.3) is 0 Å². The molecule has 2 rings (SSSR count). The van der Waals surface area contributed by atoms with E-state index in [4.69, 9.17) is 4.52 Å². The fourth-order valence-electron chi connectivity index (χ4n) is 2.58. The summed E-state index contributed by atoms with van der Waals surface area (Å²) in [6.07, 6.45) is -4.19. The predicted molar refractivity (Wildman–Crippen MR) is 78.1 cm³/mol. The number of hydrogen-bond acceptors (Lipinski definition) is 5. The third-order valence-corrected chi connectivity index (χ3v) is 4.00. The van der Waals surface area contributed by atoms with Gasteiger partial charge >= 0.3 is 6.18 Å². The molecule has 1 aromatic heterocycles. The number of likely N-dealkylation sites (tertiary alicyclic amines) is 1. The Labute approximate surface area is 136 Å². The van der Waals surface area contributed by atoms with Crippen LogP contribution in [0, 0.1) is 6.92 Å². The monoisotopic (exact) mass is 348 g/mol. The van der Waals surface area contributed by atoms with E-state index in [1.165, 1.54) is 18.0 Å². The van der Waals surface area contributed by atoms with E-state index in [1.54, 1.807) is 13.8 Å². The molecule has 0 spiro atoms. The molecule has 0 aliphatic carbocycles. The number of aromatic nitrogens is 1. The number of nitrogens with zero attached hydrogens (tertiary/aromatic N) is 3. The Kier molecular flexibility index (Phi) is 5.16. The van der Waals surface area contributed by atoms with Gasteiger partial charge in [0.1, 0.15) is 6.54 Å². The maximum atomic E-state index is 12.5. The lowest BCUT2D eigenvalue weighted by Crippen LogP contribution is -2.49. The highest BCUT2D eigenvalue weighted by Gasteiger charge is 2.42. The van der Waals surface area contributed by atoms with E-state index in [9.17, 15) is 22.8 Å². The van der Waals surface area contributed by atoms with Crippen LogP contribution in [-0.4, -0.2) is 65.2 Å². The zero-order chi connectivity index (χ0) is 18.1. The van der Waals surface area contributed by atoms with Crippen LogP contribution in [0.15, 0.2) is 10.6 Å². The van der Waals surface area contributed by atoms with Crippen molar-refractivity contribution in [3.8, 4) is 0 Å². The number of likely N-dealkylation sites (N-methyl/N-ethyl adjacent to an activating group) is 1. The molecule has 0 bridgehead atoms. The molecule has 1 saturated heterocycles. The first-order valence-corrected chi connectivity index (χ1v) is 7.40. The van der Waals surface area contributed by atoms with Crippen molar-refractivity contribution in [3.05, 3.63) is 11.8 Å². The van der Waals surface area contributed by atoms with Gasteiger partial charge in [0, 0.05) is 12.6 Å². The lowest BCUT2D eigenvalue weighted by molar-refractivity contribution is -0.159. The Morgan fingerprint density at radius 2 is 2.25 bits per heavy atom. The van der Waals surface area contributed by atoms with Gasteiger partial charge < -0.3 is 9.42 Å². The lowest BCUT2D eigenvalue weighted by Gasteiger charge is -2.28. The van der Waals surface area contributed by atoms with E-state index in [-0.39, 0.29) is 18.8 Å². The molecule has 1 aromatic rings. The van der Waals surface area contributed by atoms with Gasteiger partial charge in [-0.05, 0) is 27.3 Å². The average Bonchev–Trinajstić information content (AvgIpc) is 3.03. The lowest BCUT2D eigenvalue weighted by atomic mass is 10.1. The summed E-state index contributed by atoms with van der Waals surface area (Å²) < 4.78 is 42.2. The molecule has 0 radical (unpaired) electrons. The van der Waals surface area contributed by atoms with Gasteiger partial charge in [-0.25, -0.2) is 0 Å². The van der Waals surface area contributed by atoms with Gasteiger partial charge in [-0.15, -0.1) is 0 Å². The molecule has 1 fully saturated rings. The van der Waals surface area contributed by atoms with E-state index in [2.05, 4.69) is 10.5 Å². The minimum absolute atomic E-state index is 0.0169. The van der Waals surface area contributed by atoms with Gasteiger partial charge in [0.2, 0.25) is 17.7 Å². The van der Waals surface area contributed by atoms with Crippen molar-refractivity contribution in [3.63, 3.8) is 0 Å². The van der Waals surface area contributed by atoms with E-state index in [1.807, 2.05) is 0 Å². The minimum Gasteiger partial charge on any atom is -0.338 e. The molecule has 2 amide bonds. The third-order valence-electron chi connectivity index (χ3n) is 4.00. The largest absolute Gasteiger partial charge is 0.406 e. The summed E-state index contributed by atoms with van der Waals surface area (Å²) in [6.45, 7) is 2.01. The number of anilines is 1. The fraction of sp³-hybridized carbons (Fsp3) is 0.643. The standard InChI is InChI=1S/C14H19F3N4O3/c1-8-6-11(24-19-8)18-12(22)9(2)20(3)10-4-5-21(13(10)23)7-14(15,16)17/h6,9-10H,4-5,7H2,1-3H3,(H,18,22). The fourth-order valence-corrected chi connectivity index (χ4v) is 2.58. The van der Waals surface area contributed by atoms with Crippen molar-refractivity contribution in [1.82, 2.24) is 15.0 Å². The van der Waals surface area contributed by atoms with E-state index in [0.29, 0.717) is 5.69 Å². The van der Waals surface area contributed by atoms with Crippen LogP contribution in [0.25, 0.3) is 0 Å². The van der Waals surface area contributed by atoms with Gasteiger partial charge in [-0.1, -0.05) is 5.16 Å². The molecule has 134 valence electrons. The molecule has 24 heavy (non-hydrogen) atoms. The highest BCUT2D eigenvalue weighted by Crippen LogP contribution is 2.24. The Bertz CT molecular complexity index is 617. The summed E-state index contributed by atoms with van der Waals surface area (Å²) >= 11 is 0. The van der Waals surface area contributed by atoms with E-state index < -0.39 is 36.6 Å². The third kappa shape index (κ3) is 4.25. The second-order valence-electron chi connectivity index (χ2n) is 5.84. The number of hydrogen-bond donors (Lipinski definition) is 1. The predicted octanol–water partition coefficient (Wildman–Crippen LogP) is 1.41. The molecule has 2 heterocycles. The molecule has 1 aliphatic rings. The Balaban J connectivity index is 1.96. The summed E-state index contributed by atoms with van der Waals surface area (Å²) in [7, 11) is 1.54. The smallest absolute Gasteiger partial charge is 0.338 e. The first-order valence-electron chi connectivity index (χ1n) is 7.40. The van der Waals surface area contributed by atoms with Crippen LogP contribution in [0.1, 0.15) is 19.0 Å². The zero-order valence-corrected chi connectivity index (χ0v) is 13.6. The molecule has 0 aromatic carbocycles. The second kappa shape index (κ2) is 6.80. The Hall–Kier alpha value is -2.10. The van der Waals surface area contributed by atoms with Crippen LogP contribution in [0.3, 0.4) is 0 Å². The van der Waals surface area contributed by atoms with E-state index in [0.717, 1.165) is 4.90 Å². The molecular formula is C14H19F3N4O3. The highest BCUT2D eigenvalue weighted by atomic mass is 19.4. The quantitative estimate of drug-likeness (QED) is 0.870. The van der Waals surface area contributed by atoms with Gasteiger partial charge in [0.15, 0.2) is 0 Å². The zero-order valence-electron chi connectivity index (χ0n) is 13.6. The summed E-state index contributed by atoms with van der Waals surface area (Å²) in [5.74, 6) is -0.880. The number of aryl methyl sites for hydroxylation is 1. The summed E-state index contributed by atoms with van der Waals surface area (Å²) in [6, 6.07) is 0.0518. The number of amides is 2. The van der Waals surface area contributed by atoms with Gasteiger partial charge in [0.05, 0.1) is 17.8 Å². The van der Waals surface area contributed by atoms with Crippen LogP contribution in [-0.2, 0) is 9.59 Å². The van der Waals surface area contributed by atoms with Crippen molar-refractivity contribution in [2.45, 2.75) is 38.5 Å². The number of halogens is 3. The molecule has 0 saturated carbocycles. The molecule has 7 nitrogen and oxygen atoms in total. The van der Waals surface area contributed by atoms with Crippen LogP contribution >= 0.6 is 0 Å².